The minimum atomic E-state index is -0.553. The Hall–Kier alpha value is -1.39. The van der Waals surface area contributed by atoms with Crippen molar-refractivity contribution in [1.82, 2.24) is 5.32 Å². The van der Waals surface area contributed by atoms with Crippen molar-refractivity contribution in [3.63, 3.8) is 0 Å². The molecule has 0 saturated carbocycles. The number of hydrogen-bond acceptors (Lipinski definition) is 4. The lowest BCUT2D eigenvalue weighted by atomic mass is 10.1. The van der Waals surface area contributed by atoms with Crippen molar-refractivity contribution in [3.05, 3.63) is 35.9 Å². The molecular weight excluding hydrogens is 206 g/mol. The summed E-state index contributed by atoms with van der Waals surface area (Å²) in [6.07, 6.45) is 0.529. The molecule has 1 N–H and O–H groups in total. The first-order valence-electron chi connectivity index (χ1n) is 5.43. The largest absolute Gasteiger partial charge is 0.421 e. The van der Waals surface area contributed by atoms with Crippen LogP contribution in [0.2, 0.25) is 0 Å². The molecule has 1 fully saturated rings. The summed E-state index contributed by atoms with van der Waals surface area (Å²) in [6, 6.07) is 9.87. The van der Waals surface area contributed by atoms with Gasteiger partial charge in [-0.05, 0) is 12.0 Å². The summed E-state index contributed by atoms with van der Waals surface area (Å²) in [5, 5.41) is 2.92. The Bertz CT molecular complexity index is 333. The molecule has 2 rings (SSSR count). The first-order chi connectivity index (χ1) is 7.84. The quantitative estimate of drug-likeness (QED) is 0.772. The second-order valence-corrected chi connectivity index (χ2v) is 3.63. The zero-order valence-corrected chi connectivity index (χ0v) is 9.02. The van der Waals surface area contributed by atoms with Crippen LogP contribution in [0.1, 0.15) is 12.0 Å². The summed E-state index contributed by atoms with van der Waals surface area (Å²) in [7, 11) is 0. The molecule has 0 amide bonds. The van der Waals surface area contributed by atoms with Gasteiger partial charge in [0.1, 0.15) is 0 Å². The smallest absolute Gasteiger partial charge is 0.309 e. The molecule has 16 heavy (non-hydrogen) atoms. The standard InChI is InChI=1S/C12H15NO3/c14-11(16-12-13-8-9-15-12)7-6-10-4-2-1-3-5-10/h1-5,12-13H,6-9H2. The molecule has 0 radical (unpaired) electrons. The van der Waals surface area contributed by atoms with Crippen LogP contribution < -0.4 is 5.32 Å². The first kappa shape index (κ1) is 11.1. The van der Waals surface area contributed by atoms with Crippen LogP contribution in [0.25, 0.3) is 0 Å². The number of carbonyl (C=O) groups is 1. The SMILES string of the molecule is O=C(CCc1ccccc1)OC1NCCO1. The summed E-state index contributed by atoms with van der Waals surface area (Å²) in [6.45, 7) is 1.33. The van der Waals surface area contributed by atoms with Crippen LogP contribution in [0.3, 0.4) is 0 Å². The molecule has 1 aliphatic heterocycles. The number of benzene rings is 1. The summed E-state index contributed by atoms with van der Waals surface area (Å²) in [5.41, 5.74) is 1.14. The molecule has 1 unspecified atom stereocenters. The molecule has 0 aromatic heterocycles. The van der Waals surface area contributed by atoms with E-state index in [2.05, 4.69) is 5.32 Å². The summed E-state index contributed by atoms with van der Waals surface area (Å²) in [4.78, 5) is 11.4. The van der Waals surface area contributed by atoms with Gasteiger partial charge in [0.15, 0.2) is 0 Å². The monoisotopic (exact) mass is 221 g/mol. The Labute approximate surface area is 94.6 Å². The molecule has 0 aliphatic carbocycles. The van der Waals surface area contributed by atoms with Crippen LogP contribution in [0.15, 0.2) is 30.3 Å². The number of esters is 1. The maximum absolute atomic E-state index is 11.4. The third-order valence-electron chi connectivity index (χ3n) is 2.38. The van der Waals surface area contributed by atoms with E-state index in [0.717, 1.165) is 12.1 Å². The lowest BCUT2D eigenvalue weighted by molar-refractivity contribution is -0.173. The highest BCUT2D eigenvalue weighted by Gasteiger charge is 2.18. The van der Waals surface area contributed by atoms with E-state index < -0.39 is 6.41 Å². The van der Waals surface area contributed by atoms with E-state index in [0.29, 0.717) is 19.4 Å². The highest BCUT2D eigenvalue weighted by molar-refractivity contribution is 5.69. The average Bonchev–Trinajstić information content (AvgIpc) is 2.81. The minimum absolute atomic E-state index is 0.233. The zero-order valence-electron chi connectivity index (χ0n) is 9.02. The maximum atomic E-state index is 11.4. The van der Waals surface area contributed by atoms with Gasteiger partial charge in [-0.15, -0.1) is 0 Å². The van der Waals surface area contributed by atoms with E-state index in [1.807, 2.05) is 30.3 Å². The van der Waals surface area contributed by atoms with E-state index >= 15 is 0 Å². The summed E-state index contributed by atoms with van der Waals surface area (Å²) >= 11 is 0. The fourth-order valence-electron chi connectivity index (χ4n) is 1.55. The molecular formula is C12H15NO3. The van der Waals surface area contributed by atoms with E-state index in [9.17, 15) is 4.79 Å². The minimum Gasteiger partial charge on any atom is -0.421 e. The van der Waals surface area contributed by atoms with E-state index in [-0.39, 0.29) is 5.97 Å². The lowest BCUT2D eigenvalue weighted by Crippen LogP contribution is -2.28. The molecule has 86 valence electrons. The van der Waals surface area contributed by atoms with E-state index in [1.165, 1.54) is 0 Å². The van der Waals surface area contributed by atoms with Crippen LogP contribution in [0, 0.1) is 0 Å². The Morgan fingerprint density at radius 2 is 2.25 bits per heavy atom. The number of carbonyl (C=O) groups excluding carboxylic acids is 1. The van der Waals surface area contributed by atoms with Crippen LogP contribution >= 0.6 is 0 Å². The van der Waals surface area contributed by atoms with Gasteiger partial charge in [-0.2, -0.15) is 0 Å². The maximum Gasteiger partial charge on any atom is 0.309 e. The number of hydrogen-bond donors (Lipinski definition) is 1. The van der Waals surface area contributed by atoms with Gasteiger partial charge in [0.25, 0.3) is 6.41 Å². The molecule has 4 heteroatoms. The molecule has 1 saturated heterocycles. The van der Waals surface area contributed by atoms with Crippen molar-refractivity contribution in [3.8, 4) is 0 Å². The topological polar surface area (TPSA) is 47.6 Å². The first-order valence-corrected chi connectivity index (χ1v) is 5.43. The van der Waals surface area contributed by atoms with Crippen molar-refractivity contribution in [2.45, 2.75) is 19.3 Å². The molecule has 1 atom stereocenters. The fraction of sp³-hybridized carbons (Fsp3) is 0.417. The molecule has 0 spiro atoms. The normalized spacial score (nSPS) is 19.6. The Kier molecular flexibility index (Phi) is 3.91. The van der Waals surface area contributed by atoms with Gasteiger partial charge in [0, 0.05) is 13.0 Å². The van der Waals surface area contributed by atoms with Gasteiger partial charge in [0.2, 0.25) is 0 Å². The van der Waals surface area contributed by atoms with E-state index in [1.54, 1.807) is 0 Å². The molecule has 1 aromatic carbocycles. The third-order valence-corrected chi connectivity index (χ3v) is 2.38. The van der Waals surface area contributed by atoms with Crippen LogP contribution in [0.5, 0.6) is 0 Å². The second kappa shape index (κ2) is 5.63. The van der Waals surface area contributed by atoms with Gasteiger partial charge in [0.05, 0.1) is 6.61 Å². The van der Waals surface area contributed by atoms with Crippen molar-refractivity contribution in [2.75, 3.05) is 13.2 Å². The van der Waals surface area contributed by atoms with Gasteiger partial charge >= 0.3 is 5.97 Å². The van der Waals surface area contributed by atoms with E-state index in [4.69, 9.17) is 9.47 Å². The fourth-order valence-corrected chi connectivity index (χ4v) is 1.55. The Morgan fingerprint density at radius 1 is 1.44 bits per heavy atom. The van der Waals surface area contributed by atoms with Crippen LogP contribution in [-0.2, 0) is 20.7 Å². The molecule has 4 nitrogen and oxygen atoms in total. The molecule has 0 bridgehead atoms. The summed E-state index contributed by atoms with van der Waals surface area (Å²) < 4.78 is 10.2. The van der Waals surface area contributed by atoms with Crippen molar-refractivity contribution in [1.29, 1.82) is 0 Å². The average molecular weight is 221 g/mol. The lowest BCUT2D eigenvalue weighted by Gasteiger charge is -2.10. The summed E-state index contributed by atoms with van der Waals surface area (Å²) in [5.74, 6) is -0.233. The van der Waals surface area contributed by atoms with Gasteiger partial charge < -0.3 is 9.47 Å². The molecule has 1 heterocycles. The Balaban J connectivity index is 1.71. The van der Waals surface area contributed by atoms with Crippen molar-refractivity contribution in [2.24, 2.45) is 0 Å². The Morgan fingerprint density at radius 3 is 2.94 bits per heavy atom. The molecule has 1 aromatic rings. The molecule has 1 aliphatic rings. The van der Waals surface area contributed by atoms with Gasteiger partial charge in [-0.1, -0.05) is 30.3 Å². The highest BCUT2D eigenvalue weighted by Crippen LogP contribution is 2.05. The van der Waals surface area contributed by atoms with Gasteiger partial charge in [-0.3, -0.25) is 10.1 Å². The zero-order chi connectivity index (χ0) is 11.2. The van der Waals surface area contributed by atoms with Crippen molar-refractivity contribution >= 4 is 5.97 Å². The second-order valence-electron chi connectivity index (χ2n) is 3.63. The number of ether oxygens (including phenoxy) is 2. The predicted molar refractivity (Wildman–Crippen MR) is 58.6 cm³/mol. The van der Waals surface area contributed by atoms with Gasteiger partial charge in [-0.25, -0.2) is 0 Å². The highest BCUT2D eigenvalue weighted by atomic mass is 16.7. The number of aryl methyl sites for hydroxylation is 1. The number of nitrogens with one attached hydrogen (secondary N) is 1. The van der Waals surface area contributed by atoms with Crippen molar-refractivity contribution < 1.29 is 14.3 Å². The number of rotatable bonds is 4. The van der Waals surface area contributed by atoms with Crippen LogP contribution in [0.4, 0.5) is 0 Å². The third kappa shape index (κ3) is 3.32. The van der Waals surface area contributed by atoms with Crippen LogP contribution in [-0.4, -0.2) is 25.5 Å². The predicted octanol–water partition coefficient (Wildman–Crippen LogP) is 1.07.